The van der Waals surface area contributed by atoms with E-state index >= 15 is 0 Å². The summed E-state index contributed by atoms with van der Waals surface area (Å²) in [5.41, 5.74) is 3.26. The number of amides is 1. The van der Waals surface area contributed by atoms with Gasteiger partial charge in [-0.05, 0) is 29.0 Å². The van der Waals surface area contributed by atoms with Crippen LogP contribution in [-0.4, -0.2) is 11.9 Å². The summed E-state index contributed by atoms with van der Waals surface area (Å²) in [5.74, 6) is 0.572. The lowest BCUT2D eigenvalue weighted by Crippen LogP contribution is -2.35. The lowest BCUT2D eigenvalue weighted by molar-refractivity contribution is -0.116. The second-order valence-corrected chi connectivity index (χ2v) is 6.77. The molecule has 1 amide bonds. The first-order valence-corrected chi connectivity index (χ1v) is 6.97. The fraction of sp³-hybridized carbons (Fsp3) is 0.562. The summed E-state index contributed by atoms with van der Waals surface area (Å²) < 4.78 is 0. The predicted molar refractivity (Wildman–Crippen MR) is 80.6 cm³/mol. The molecule has 0 spiro atoms. The van der Waals surface area contributed by atoms with Crippen LogP contribution in [0.25, 0.3) is 0 Å². The van der Waals surface area contributed by atoms with Crippen molar-refractivity contribution in [2.24, 2.45) is 5.41 Å². The second kappa shape index (κ2) is 4.87. The van der Waals surface area contributed by atoms with Crippen molar-refractivity contribution in [1.82, 2.24) is 0 Å². The molecular formula is C16H24N2O. The Balaban J connectivity index is 2.39. The SMILES string of the molecule is CC(C)c1ccc2c(c1)NC(C(C)(C)C)CC(=O)N2. The third-order valence-corrected chi connectivity index (χ3v) is 3.75. The van der Waals surface area contributed by atoms with E-state index in [9.17, 15) is 4.79 Å². The van der Waals surface area contributed by atoms with Crippen molar-refractivity contribution >= 4 is 17.3 Å². The van der Waals surface area contributed by atoms with E-state index < -0.39 is 0 Å². The largest absolute Gasteiger partial charge is 0.380 e. The lowest BCUT2D eigenvalue weighted by Gasteiger charge is -2.30. The molecule has 1 aliphatic rings. The van der Waals surface area contributed by atoms with Gasteiger partial charge in [0.05, 0.1) is 11.4 Å². The first-order chi connectivity index (χ1) is 8.77. The summed E-state index contributed by atoms with van der Waals surface area (Å²) in [6, 6.07) is 6.39. The molecule has 1 atom stereocenters. The molecule has 0 radical (unpaired) electrons. The van der Waals surface area contributed by atoms with Crippen LogP contribution in [0.2, 0.25) is 0 Å². The van der Waals surface area contributed by atoms with E-state index in [0.29, 0.717) is 12.3 Å². The van der Waals surface area contributed by atoms with Gasteiger partial charge in [-0.15, -0.1) is 0 Å². The normalized spacial score (nSPS) is 19.5. The van der Waals surface area contributed by atoms with Crippen LogP contribution >= 0.6 is 0 Å². The number of benzene rings is 1. The maximum atomic E-state index is 12.0. The smallest absolute Gasteiger partial charge is 0.226 e. The van der Waals surface area contributed by atoms with E-state index in [2.05, 4.69) is 57.4 Å². The zero-order valence-corrected chi connectivity index (χ0v) is 12.5. The molecule has 0 aromatic heterocycles. The van der Waals surface area contributed by atoms with Gasteiger partial charge in [0.15, 0.2) is 0 Å². The van der Waals surface area contributed by atoms with Gasteiger partial charge in [0, 0.05) is 12.5 Å². The van der Waals surface area contributed by atoms with Gasteiger partial charge < -0.3 is 10.6 Å². The molecule has 1 unspecified atom stereocenters. The van der Waals surface area contributed by atoms with Crippen molar-refractivity contribution in [1.29, 1.82) is 0 Å². The zero-order chi connectivity index (χ0) is 14.2. The molecule has 0 fully saturated rings. The fourth-order valence-electron chi connectivity index (χ4n) is 2.30. The number of anilines is 2. The highest BCUT2D eigenvalue weighted by atomic mass is 16.1. The Bertz CT molecular complexity index is 486. The van der Waals surface area contributed by atoms with Gasteiger partial charge in [-0.25, -0.2) is 0 Å². The monoisotopic (exact) mass is 260 g/mol. The molecule has 2 N–H and O–H groups in total. The van der Waals surface area contributed by atoms with Gasteiger partial charge in [0.2, 0.25) is 5.91 Å². The van der Waals surface area contributed by atoms with Crippen molar-refractivity contribution in [2.75, 3.05) is 10.6 Å². The Morgan fingerprint density at radius 3 is 2.47 bits per heavy atom. The first kappa shape index (κ1) is 13.9. The average molecular weight is 260 g/mol. The minimum absolute atomic E-state index is 0.0484. The Morgan fingerprint density at radius 1 is 1.21 bits per heavy atom. The lowest BCUT2D eigenvalue weighted by atomic mass is 9.84. The van der Waals surface area contributed by atoms with Crippen molar-refractivity contribution in [3.8, 4) is 0 Å². The van der Waals surface area contributed by atoms with E-state index in [1.54, 1.807) is 0 Å². The molecule has 0 saturated carbocycles. The molecule has 1 heterocycles. The Kier molecular flexibility index (Phi) is 3.57. The van der Waals surface area contributed by atoms with Crippen LogP contribution < -0.4 is 10.6 Å². The van der Waals surface area contributed by atoms with Crippen LogP contribution in [0.1, 0.15) is 52.5 Å². The third kappa shape index (κ3) is 3.09. The standard InChI is InChI=1S/C16H24N2O/c1-10(2)11-6-7-12-13(8-11)17-14(16(3,4)5)9-15(19)18-12/h6-8,10,14,17H,9H2,1-5H3,(H,18,19). The average Bonchev–Trinajstić information content (AvgIpc) is 2.45. The quantitative estimate of drug-likeness (QED) is 0.802. The van der Waals surface area contributed by atoms with Crippen molar-refractivity contribution in [2.45, 2.75) is 53.0 Å². The van der Waals surface area contributed by atoms with Crippen LogP contribution in [-0.2, 0) is 4.79 Å². The number of hydrogen-bond donors (Lipinski definition) is 2. The van der Waals surface area contributed by atoms with Gasteiger partial charge in [0.1, 0.15) is 0 Å². The van der Waals surface area contributed by atoms with Gasteiger partial charge in [-0.1, -0.05) is 40.7 Å². The third-order valence-electron chi connectivity index (χ3n) is 3.75. The van der Waals surface area contributed by atoms with E-state index in [1.807, 2.05) is 6.07 Å². The molecule has 0 bridgehead atoms. The molecule has 19 heavy (non-hydrogen) atoms. The van der Waals surface area contributed by atoms with Crippen LogP contribution in [0.5, 0.6) is 0 Å². The molecular weight excluding hydrogens is 236 g/mol. The van der Waals surface area contributed by atoms with Crippen LogP contribution in [0.15, 0.2) is 18.2 Å². The molecule has 3 heteroatoms. The molecule has 1 aromatic rings. The fourth-order valence-corrected chi connectivity index (χ4v) is 2.30. The number of nitrogens with one attached hydrogen (secondary N) is 2. The molecule has 0 aliphatic carbocycles. The molecule has 1 aliphatic heterocycles. The maximum absolute atomic E-state index is 12.0. The van der Waals surface area contributed by atoms with E-state index in [-0.39, 0.29) is 17.4 Å². The van der Waals surface area contributed by atoms with Gasteiger partial charge in [-0.2, -0.15) is 0 Å². The Labute approximate surface area is 115 Å². The maximum Gasteiger partial charge on any atom is 0.226 e. The summed E-state index contributed by atoms with van der Waals surface area (Å²) in [5, 5.41) is 6.53. The van der Waals surface area contributed by atoms with Crippen LogP contribution in [0.3, 0.4) is 0 Å². The highest BCUT2D eigenvalue weighted by Crippen LogP contribution is 2.34. The molecule has 1 aromatic carbocycles. The first-order valence-electron chi connectivity index (χ1n) is 6.97. The van der Waals surface area contributed by atoms with E-state index in [1.165, 1.54) is 5.56 Å². The van der Waals surface area contributed by atoms with Crippen molar-refractivity contribution in [3.05, 3.63) is 23.8 Å². The van der Waals surface area contributed by atoms with Gasteiger partial charge >= 0.3 is 0 Å². The summed E-state index contributed by atoms with van der Waals surface area (Å²) in [6.07, 6.45) is 0.509. The van der Waals surface area contributed by atoms with Gasteiger partial charge in [0.25, 0.3) is 0 Å². The predicted octanol–water partition coefficient (Wildman–Crippen LogP) is 3.98. The summed E-state index contributed by atoms with van der Waals surface area (Å²) in [6.45, 7) is 10.8. The Morgan fingerprint density at radius 2 is 1.89 bits per heavy atom. The van der Waals surface area contributed by atoms with E-state index in [4.69, 9.17) is 0 Å². The number of carbonyl (C=O) groups excluding carboxylic acids is 1. The summed E-state index contributed by atoms with van der Waals surface area (Å²) >= 11 is 0. The van der Waals surface area contributed by atoms with Gasteiger partial charge in [-0.3, -0.25) is 4.79 Å². The second-order valence-electron chi connectivity index (χ2n) is 6.77. The Hall–Kier alpha value is -1.51. The molecule has 3 nitrogen and oxygen atoms in total. The zero-order valence-electron chi connectivity index (χ0n) is 12.5. The van der Waals surface area contributed by atoms with E-state index in [0.717, 1.165) is 11.4 Å². The minimum Gasteiger partial charge on any atom is -0.380 e. The summed E-state index contributed by atoms with van der Waals surface area (Å²) in [7, 11) is 0. The summed E-state index contributed by atoms with van der Waals surface area (Å²) in [4.78, 5) is 12.0. The number of carbonyl (C=O) groups is 1. The number of rotatable bonds is 1. The topological polar surface area (TPSA) is 41.1 Å². The van der Waals surface area contributed by atoms with Crippen LogP contribution in [0, 0.1) is 5.41 Å². The molecule has 2 rings (SSSR count). The molecule has 104 valence electrons. The highest BCUT2D eigenvalue weighted by Gasteiger charge is 2.30. The van der Waals surface area contributed by atoms with Crippen molar-refractivity contribution in [3.63, 3.8) is 0 Å². The van der Waals surface area contributed by atoms with Crippen LogP contribution in [0.4, 0.5) is 11.4 Å². The number of hydrogen-bond acceptors (Lipinski definition) is 2. The molecule has 0 saturated heterocycles. The minimum atomic E-state index is 0.0484. The van der Waals surface area contributed by atoms with Crippen molar-refractivity contribution < 1.29 is 4.79 Å². The number of fused-ring (bicyclic) bond motifs is 1. The highest BCUT2D eigenvalue weighted by molar-refractivity contribution is 5.96.